The third-order valence-corrected chi connectivity index (χ3v) is 6.57. The van der Waals surface area contributed by atoms with Crippen molar-refractivity contribution in [2.45, 2.75) is 43.4 Å². The number of carbonyl (C=O) groups excluding carboxylic acids is 2. The van der Waals surface area contributed by atoms with Gasteiger partial charge in [-0.1, -0.05) is 25.0 Å². The Morgan fingerprint density at radius 2 is 1.86 bits per heavy atom. The van der Waals surface area contributed by atoms with Gasteiger partial charge >= 0.3 is 0 Å². The smallest absolute Gasteiger partial charge is 0.238 e. The summed E-state index contributed by atoms with van der Waals surface area (Å²) < 4.78 is 22.5. The lowest BCUT2D eigenvalue weighted by Gasteiger charge is -2.07. The molecule has 156 valence electrons. The lowest BCUT2D eigenvalue weighted by molar-refractivity contribution is -0.120. The van der Waals surface area contributed by atoms with Crippen LogP contribution in [0.3, 0.4) is 0 Å². The van der Waals surface area contributed by atoms with Gasteiger partial charge in [-0.3, -0.25) is 9.59 Å². The average Bonchev–Trinajstić information content (AvgIpc) is 3.34. The van der Waals surface area contributed by atoms with E-state index in [2.05, 4.69) is 15.6 Å². The molecule has 3 rings (SSSR count). The normalized spacial score (nSPS) is 14.7. The summed E-state index contributed by atoms with van der Waals surface area (Å²) in [6.07, 6.45) is 4.75. The van der Waals surface area contributed by atoms with Crippen LogP contribution in [0.2, 0.25) is 0 Å². The number of nitrogens with two attached hydrogens (primary N) is 1. The van der Waals surface area contributed by atoms with Crippen molar-refractivity contribution in [3.05, 3.63) is 40.9 Å². The number of thiazole rings is 1. The van der Waals surface area contributed by atoms with E-state index in [0.29, 0.717) is 23.8 Å². The second-order valence-electron chi connectivity index (χ2n) is 7.08. The van der Waals surface area contributed by atoms with Crippen molar-refractivity contribution in [3.8, 4) is 0 Å². The molecule has 1 heterocycles. The minimum absolute atomic E-state index is 0.0151. The predicted molar refractivity (Wildman–Crippen MR) is 111 cm³/mol. The molecule has 0 saturated heterocycles. The first-order valence-corrected chi connectivity index (χ1v) is 11.9. The number of nitrogens with zero attached hydrogens (tertiary/aromatic N) is 1. The van der Waals surface area contributed by atoms with Crippen molar-refractivity contribution in [1.82, 2.24) is 10.3 Å². The van der Waals surface area contributed by atoms with Crippen molar-refractivity contribution >= 4 is 38.3 Å². The zero-order valence-corrected chi connectivity index (χ0v) is 17.5. The van der Waals surface area contributed by atoms with E-state index >= 15 is 0 Å². The molecule has 0 atom stereocenters. The lowest BCUT2D eigenvalue weighted by Crippen LogP contribution is -2.27. The second-order valence-corrected chi connectivity index (χ2v) is 9.50. The molecule has 0 bridgehead atoms. The van der Waals surface area contributed by atoms with E-state index in [0.717, 1.165) is 31.2 Å². The van der Waals surface area contributed by atoms with Gasteiger partial charge in [0.05, 0.1) is 17.0 Å². The SMILES string of the molecule is NS(=O)(=O)c1ccc(CCNC(=O)Cc2csc(NC(=O)C3CCCC3)n2)cc1. The van der Waals surface area contributed by atoms with E-state index in [1.807, 2.05) is 0 Å². The molecular weight excluding hydrogens is 412 g/mol. The van der Waals surface area contributed by atoms with Crippen LogP contribution < -0.4 is 15.8 Å². The maximum absolute atomic E-state index is 12.1. The van der Waals surface area contributed by atoms with E-state index in [-0.39, 0.29) is 29.0 Å². The van der Waals surface area contributed by atoms with Crippen LogP contribution in [-0.4, -0.2) is 31.8 Å². The van der Waals surface area contributed by atoms with Crippen molar-refractivity contribution < 1.29 is 18.0 Å². The summed E-state index contributed by atoms with van der Waals surface area (Å²) in [6, 6.07) is 6.24. The van der Waals surface area contributed by atoms with Crippen LogP contribution in [0.5, 0.6) is 0 Å². The Bertz CT molecular complexity index is 964. The number of hydrogen-bond acceptors (Lipinski definition) is 6. The fourth-order valence-corrected chi connectivity index (χ4v) is 4.49. The number of sulfonamides is 1. The molecule has 0 spiro atoms. The van der Waals surface area contributed by atoms with Crippen molar-refractivity contribution in [2.24, 2.45) is 11.1 Å². The monoisotopic (exact) mass is 436 g/mol. The van der Waals surface area contributed by atoms with Crippen molar-refractivity contribution in [2.75, 3.05) is 11.9 Å². The predicted octanol–water partition coefficient (Wildman–Crippen LogP) is 1.82. The summed E-state index contributed by atoms with van der Waals surface area (Å²) in [5.41, 5.74) is 1.51. The number of benzene rings is 1. The Balaban J connectivity index is 1.41. The van der Waals surface area contributed by atoms with Gasteiger partial charge in [0.2, 0.25) is 21.8 Å². The maximum atomic E-state index is 12.1. The standard InChI is InChI=1S/C19H24N4O4S2/c20-29(26,27)16-7-5-13(6-8-16)9-10-21-17(24)11-15-12-28-19(22-15)23-18(25)14-3-1-2-4-14/h5-8,12,14H,1-4,9-11H2,(H,21,24)(H2,20,26,27)(H,22,23,25). The molecule has 4 N–H and O–H groups in total. The summed E-state index contributed by atoms with van der Waals surface area (Å²) >= 11 is 1.32. The molecule has 1 aromatic carbocycles. The fourth-order valence-electron chi connectivity index (χ4n) is 3.26. The summed E-state index contributed by atoms with van der Waals surface area (Å²) in [7, 11) is -3.70. The Morgan fingerprint density at radius 1 is 1.17 bits per heavy atom. The fraction of sp³-hybridized carbons (Fsp3) is 0.421. The van der Waals surface area contributed by atoms with Gasteiger partial charge in [-0.05, 0) is 37.0 Å². The highest BCUT2D eigenvalue weighted by Gasteiger charge is 2.23. The lowest BCUT2D eigenvalue weighted by atomic mass is 10.1. The summed E-state index contributed by atoms with van der Waals surface area (Å²) in [5, 5.41) is 13.0. The minimum atomic E-state index is -3.70. The molecule has 0 unspecified atom stereocenters. The number of primary sulfonamides is 1. The third-order valence-electron chi connectivity index (χ3n) is 4.84. The van der Waals surface area contributed by atoms with E-state index < -0.39 is 10.0 Å². The van der Waals surface area contributed by atoms with Crippen LogP contribution in [-0.2, 0) is 32.5 Å². The number of carbonyl (C=O) groups is 2. The van der Waals surface area contributed by atoms with Gasteiger partial charge < -0.3 is 10.6 Å². The molecule has 8 nitrogen and oxygen atoms in total. The van der Waals surface area contributed by atoms with Crippen LogP contribution >= 0.6 is 11.3 Å². The highest BCUT2D eigenvalue weighted by atomic mass is 32.2. The largest absolute Gasteiger partial charge is 0.355 e. The van der Waals surface area contributed by atoms with Crippen LogP contribution in [0.25, 0.3) is 0 Å². The van der Waals surface area contributed by atoms with Crippen LogP contribution in [0.15, 0.2) is 34.5 Å². The maximum Gasteiger partial charge on any atom is 0.238 e. The molecule has 1 aliphatic carbocycles. The topological polar surface area (TPSA) is 131 Å². The first-order chi connectivity index (χ1) is 13.8. The van der Waals surface area contributed by atoms with Crippen molar-refractivity contribution in [1.29, 1.82) is 0 Å². The first-order valence-electron chi connectivity index (χ1n) is 9.45. The summed E-state index contributed by atoms with van der Waals surface area (Å²) in [6.45, 7) is 0.420. The minimum Gasteiger partial charge on any atom is -0.355 e. The van der Waals surface area contributed by atoms with Crippen LogP contribution in [0, 0.1) is 5.92 Å². The zero-order valence-electron chi connectivity index (χ0n) is 15.9. The Hall–Kier alpha value is -2.30. The molecule has 29 heavy (non-hydrogen) atoms. The van der Waals surface area contributed by atoms with Crippen LogP contribution in [0.1, 0.15) is 36.9 Å². The van der Waals surface area contributed by atoms with Crippen LogP contribution in [0.4, 0.5) is 5.13 Å². The van der Waals surface area contributed by atoms with E-state index in [4.69, 9.17) is 5.14 Å². The number of nitrogens with one attached hydrogen (secondary N) is 2. The Morgan fingerprint density at radius 3 is 2.52 bits per heavy atom. The number of hydrogen-bond donors (Lipinski definition) is 3. The van der Waals surface area contributed by atoms with Gasteiger partial charge in [-0.25, -0.2) is 18.5 Å². The van der Waals surface area contributed by atoms with Gasteiger partial charge in [-0.15, -0.1) is 11.3 Å². The highest BCUT2D eigenvalue weighted by molar-refractivity contribution is 7.89. The molecular formula is C19H24N4O4S2. The number of anilines is 1. The zero-order chi connectivity index (χ0) is 20.9. The molecule has 1 aromatic heterocycles. The molecule has 0 radical (unpaired) electrons. The molecule has 0 aliphatic heterocycles. The quantitative estimate of drug-likeness (QED) is 0.581. The third kappa shape index (κ3) is 6.34. The van der Waals surface area contributed by atoms with E-state index in [9.17, 15) is 18.0 Å². The molecule has 1 aliphatic rings. The molecule has 1 fully saturated rings. The number of rotatable bonds is 8. The molecule has 1 saturated carbocycles. The molecule has 2 amide bonds. The van der Waals surface area contributed by atoms with Gasteiger partial charge in [0.1, 0.15) is 0 Å². The second kappa shape index (κ2) is 9.47. The van der Waals surface area contributed by atoms with Gasteiger partial charge in [-0.2, -0.15) is 0 Å². The molecule has 2 aromatic rings. The molecule has 10 heteroatoms. The van der Waals surface area contributed by atoms with Crippen molar-refractivity contribution in [3.63, 3.8) is 0 Å². The van der Waals surface area contributed by atoms with Gasteiger partial charge in [0.25, 0.3) is 0 Å². The number of aromatic nitrogens is 1. The first kappa shape index (κ1) is 21.4. The average molecular weight is 437 g/mol. The van der Waals surface area contributed by atoms with Gasteiger partial charge in [0.15, 0.2) is 5.13 Å². The Labute approximate surface area is 174 Å². The van der Waals surface area contributed by atoms with E-state index in [1.165, 1.54) is 23.5 Å². The van der Waals surface area contributed by atoms with E-state index in [1.54, 1.807) is 17.5 Å². The summed E-state index contributed by atoms with van der Waals surface area (Å²) in [5.74, 6) is -0.0731. The number of amides is 2. The Kier molecular flexibility index (Phi) is 6.99. The highest BCUT2D eigenvalue weighted by Crippen LogP contribution is 2.26. The summed E-state index contributed by atoms with van der Waals surface area (Å²) in [4.78, 5) is 28.6. The van der Waals surface area contributed by atoms with Gasteiger partial charge in [0, 0.05) is 17.8 Å².